The smallest absolute Gasteiger partial charge is 0.128 e. The Kier molecular flexibility index (Phi) is 5.96. The van der Waals surface area contributed by atoms with Crippen LogP contribution in [0.15, 0.2) is 85.1 Å². The van der Waals surface area contributed by atoms with E-state index in [0.717, 1.165) is 42.6 Å². The molecule has 3 aliphatic heterocycles. The molecule has 5 nitrogen and oxygen atoms in total. The molecule has 4 heterocycles. The highest BCUT2D eigenvalue weighted by atomic mass is 16.5. The maximum atomic E-state index is 10.9. The van der Waals surface area contributed by atoms with Crippen molar-refractivity contribution in [3.05, 3.63) is 85.1 Å². The number of aryl methyl sites for hydroxylation is 1. The summed E-state index contributed by atoms with van der Waals surface area (Å²) in [6, 6.07) is 24.3. The van der Waals surface area contributed by atoms with Gasteiger partial charge in [0.15, 0.2) is 0 Å². The molecule has 1 saturated heterocycles. The predicted molar refractivity (Wildman–Crippen MR) is 143 cm³/mol. The Labute approximate surface area is 206 Å². The average Bonchev–Trinajstić information content (AvgIpc) is 3.24. The fourth-order valence-corrected chi connectivity index (χ4v) is 5.75. The van der Waals surface area contributed by atoms with Gasteiger partial charge in [0.2, 0.25) is 0 Å². The molecule has 1 aromatic heterocycles. The van der Waals surface area contributed by atoms with Crippen molar-refractivity contribution >= 4 is 27.4 Å². The molecule has 3 atom stereocenters. The lowest BCUT2D eigenvalue weighted by molar-refractivity contribution is 0.0409. The van der Waals surface area contributed by atoms with Crippen molar-refractivity contribution in [3.8, 4) is 5.75 Å². The Hall–Kier alpha value is -3.28. The van der Waals surface area contributed by atoms with Gasteiger partial charge in [-0.05, 0) is 53.9 Å². The SMILES string of the molecule is Cn1ccc2c(OC[C@@H](O)CN3CC4C/C=C\CC3CN4c3ccc4ccccc4c3)cccc21. The predicted octanol–water partition coefficient (Wildman–Crippen LogP) is 4.98. The maximum absolute atomic E-state index is 10.9. The van der Waals surface area contributed by atoms with Gasteiger partial charge in [-0.1, -0.05) is 48.6 Å². The summed E-state index contributed by atoms with van der Waals surface area (Å²) in [5, 5.41) is 14.6. The molecule has 2 unspecified atom stereocenters. The first-order valence-corrected chi connectivity index (χ1v) is 12.6. The summed E-state index contributed by atoms with van der Waals surface area (Å²) in [6.45, 7) is 2.86. The topological polar surface area (TPSA) is 40.9 Å². The molecule has 180 valence electrons. The zero-order valence-corrected chi connectivity index (χ0v) is 20.3. The number of aromatic nitrogens is 1. The Bertz CT molecular complexity index is 1360. The van der Waals surface area contributed by atoms with Gasteiger partial charge in [0.25, 0.3) is 0 Å². The Morgan fingerprint density at radius 1 is 0.914 bits per heavy atom. The number of piperazine rings is 1. The van der Waals surface area contributed by atoms with E-state index in [2.05, 4.69) is 81.1 Å². The van der Waals surface area contributed by atoms with Gasteiger partial charge in [0.1, 0.15) is 18.5 Å². The molecule has 3 aromatic carbocycles. The lowest BCUT2D eigenvalue weighted by Crippen LogP contribution is -2.60. The number of hydrogen-bond acceptors (Lipinski definition) is 4. The number of anilines is 1. The van der Waals surface area contributed by atoms with Gasteiger partial charge in [0.05, 0.1) is 5.52 Å². The van der Waals surface area contributed by atoms with Crippen LogP contribution in [0, 0.1) is 0 Å². The molecular weight excluding hydrogens is 434 g/mol. The summed E-state index contributed by atoms with van der Waals surface area (Å²) in [6.07, 6.45) is 8.20. The van der Waals surface area contributed by atoms with E-state index in [1.807, 2.05) is 25.4 Å². The molecule has 0 radical (unpaired) electrons. The third kappa shape index (κ3) is 4.42. The van der Waals surface area contributed by atoms with Crippen molar-refractivity contribution in [3.63, 3.8) is 0 Å². The standard InChI is InChI=1S/C30H33N3O2/c1-31-16-15-28-29(31)11-6-12-30(28)35-21-27(34)20-32-18-26-10-5-4-9-25(32)19-33(26)24-14-13-22-7-2-3-8-23(22)17-24/h2-8,11-17,25-27,34H,9-10,18-21H2,1H3/b5-4-/t25?,26?,27-/m0/s1. The van der Waals surface area contributed by atoms with Crippen LogP contribution in [0.3, 0.4) is 0 Å². The zero-order chi connectivity index (χ0) is 23.8. The van der Waals surface area contributed by atoms with E-state index < -0.39 is 6.10 Å². The second-order valence-corrected chi connectivity index (χ2v) is 9.97. The molecule has 4 aromatic rings. The van der Waals surface area contributed by atoms with Crippen molar-refractivity contribution in [1.82, 2.24) is 9.47 Å². The average molecular weight is 468 g/mol. The molecule has 5 heteroatoms. The molecule has 1 N–H and O–H groups in total. The van der Waals surface area contributed by atoms with Gasteiger partial charge in [0, 0.05) is 56.0 Å². The quantitative estimate of drug-likeness (QED) is 0.406. The molecule has 2 bridgehead atoms. The van der Waals surface area contributed by atoms with E-state index in [-0.39, 0.29) is 0 Å². The van der Waals surface area contributed by atoms with Gasteiger partial charge >= 0.3 is 0 Å². The van der Waals surface area contributed by atoms with Crippen LogP contribution in [0.4, 0.5) is 5.69 Å². The third-order valence-electron chi connectivity index (χ3n) is 7.62. The Balaban J connectivity index is 1.14. The lowest BCUT2D eigenvalue weighted by Gasteiger charge is -2.48. The number of hydrogen-bond donors (Lipinski definition) is 1. The minimum absolute atomic E-state index is 0.298. The van der Waals surface area contributed by atoms with Crippen molar-refractivity contribution in [2.45, 2.75) is 31.0 Å². The number of nitrogens with zero attached hydrogens (tertiary/aromatic N) is 3. The zero-order valence-electron chi connectivity index (χ0n) is 20.3. The van der Waals surface area contributed by atoms with Gasteiger partial charge in [-0.3, -0.25) is 4.90 Å². The number of aliphatic hydroxyl groups is 1. The number of benzene rings is 3. The molecule has 3 aliphatic rings. The number of fused-ring (bicyclic) bond motifs is 6. The number of aliphatic hydroxyl groups excluding tert-OH is 1. The van der Waals surface area contributed by atoms with Crippen LogP contribution in [-0.2, 0) is 7.05 Å². The molecule has 1 fully saturated rings. The van der Waals surface area contributed by atoms with Gasteiger partial charge in [-0.25, -0.2) is 0 Å². The summed E-state index contributed by atoms with van der Waals surface area (Å²) in [4.78, 5) is 5.05. The van der Waals surface area contributed by atoms with E-state index in [9.17, 15) is 5.11 Å². The Morgan fingerprint density at radius 3 is 2.63 bits per heavy atom. The molecule has 0 spiro atoms. The summed E-state index contributed by atoms with van der Waals surface area (Å²) in [5.41, 5.74) is 2.44. The van der Waals surface area contributed by atoms with Crippen molar-refractivity contribution < 1.29 is 9.84 Å². The molecular formula is C30H33N3O2. The highest BCUT2D eigenvalue weighted by Gasteiger charge is 2.35. The fraction of sp³-hybridized carbons (Fsp3) is 0.333. The van der Waals surface area contributed by atoms with Crippen LogP contribution < -0.4 is 9.64 Å². The van der Waals surface area contributed by atoms with E-state index in [1.54, 1.807) is 0 Å². The van der Waals surface area contributed by atoms with Gasteiger partial charge < -0.3 is 19.3 Å². The maximum Gasteiger partial charge on any atom is 0.128 e. The number of rotatable bonds is 6. The summed E-state index contributed by atoms with van der Waals surface area (Å²) in [5.74, 6) is 0.835. The van der Waals surface area contributed by atoms with Crippen LogP contribution in [0.1, 0.15) is 12.8 Å². The number of ether oxygens (including phenoxy) is 1. The normalized spacial score (nSPS) is 22.3. The van der Waals surface area contributed by atoms with Crippen LogP contribution >= 0.6 is 0 Å². The second-order valence-electron chi connectivity index (χ2n) is 9.97. The van der Waals surface area contributed by atoms with Crippen molar-refractivity contribution in [2.75, 3.05) is 31.1 Å². The van der Waals surface area contributed by atoms with Crippen LogP contribution in [0.25, 0.3) is 21.7 Å². The van der Waals surface area contributed by atoms with E-state index >= 15 is 0 Å². The monoisotopic (exact) mass is 467 g/mol. The second kappa shape index (κ2) is 9.40. The molecule has 0 aliphatic carbocycles. The van der Waals surface area contributed by atoms with E-state index in [1.165, 1.54) is 16.5 Å². The van der Waals surface area contributed by atoms with Crippen LogP contribution in [-0.4, -0.2) is 59.0 Å². The minimum Gasteiger partial charge on any atom is -0.490 e. The van der Waals surface area contributed by atoms with Crippen molar-refractivity contribution in [2.24, 2.45) is 7.05 Å². The van der Waals surface area contributed by atoms with Gasteiger partial charge in [-0.2, -0.15) is 0 Å². The minimum atomic E-state index is -0.534. The Morgan fingerprint density at radius 2 is 1.74 bits per heavy atom. The largest absolute Gasteiger partial charge is 0.490 e. The highest BCUT2D eigenvalue weighted by Crippen LogP contribution is 2.31. The van der Waals surface area contributed by atoms with E-state index in [4.69, 9.17) is 4.74 Å². The molecule has 7 rings (SSSR count). The molecule has 35 heavy (non-hydrogen) atoms. The summed E-state index contributed by atoms with van der Waals surface area (Å²) < 4.78 is 8.18. The summed E-state index contributed by atoms with van der Waals surface area (Å²) in [7, 11) is 2.04. The molecule has 0 saturated carbocycles. The van der Waals surface area contributed by atoms with Crippen LogP contribution in [0.5, 0.6) is 5.75 Å². The van der Waals surface area contributed by atoms with Crippen molar-refractivity contribution in [1.29, 1.82) is 0 Å². The molecule has 0 amide bonds. The lowest BCUT2D eigenvalue weighted by atomic mass is 9.96. The first-order chi connectivity index (χ1) is 17.2. The summed E-state index contributed by atoms with van der Waals surface area (Å²) >= 11 is 0. The highest BCUT2D eigenvalue weighted by molar-refractivity contribution is 5.87. The third-order valence-corrected chi connectivity index (χ3v) is 7.62. The van der Waals surface area contributed by atoms with E-state index in [0.29, 0.717) is 25.2 Å². The van der Waals surface area contributed by atoms with Crippen LogP contribution in [0.2, 0.25) is 0 Å². The first-order valence-electron chi connectivity index (χ1n) is 12.6. The fourth-order valence-electron chi connectivity index (χ4n) is 5.75. The first kappa shape index (κ1) is 22.2. The van der Waals surface area contributed by atoms with Gasteiger partial charge in [-0.15, -0.1) is 0 Å².